The van der Waals surface area contributed by atoms with Crippen molar-refractivity contribution in [2.45, 2.75) is 37.1 Å². The molecule has 1 saturated heterocycles. The van der Waals surface area contributed by atoms with Gasteiger partial charge in [0, 0.05) is 39.1 Å². The highest BCUT2D eigenvalue weighted by Crippen LogP contribution is 2.11. The minimum absolute atomic E-state index is 0. The van der Waals surface area contributed by atoms with Crippen molar-refractivity contribution in [1.82, 2.24) is 15.5 Å². The van der Waals surface area contributed by atoms with Gasteiger partial charge in [-0.15, -0.1) is 24.0 Å². The molecule has 1 unspecified atom stereocenters. The normalized spacial score (nSPS) is 17.3. The average Bonchev–Trinajstić information content (AvgIpc) is 3.12. The number of hydrogen-bond donors (Lipinski definition) is 2. The molecule has 1 aliphatic rings. The molecule has 1 heterocycles. The lowest BCUT2D eigenvalue weighted by Gasteiger charge is -2.18. The number of halogens is 1. The summed E-state index contributed by atoms with van der Waals surface area (Å²) in [7, 11) is -1.57. The van der Waals surface area contributed by atoms with Gasteiger partial charge < -0.3 is 15.5 Å². The van der Waals surface area contributed by atoms with Crippen LogP contribution in [0.15, 0.2) is 40.2 Å². The Bertz CT molecular complexity index is 725. The van der Waals surface area contributed by atoms with Crippen molar-refractivity contribution in [3.05, 3.63) is 30.3 Å². The van der Waals surface area contributed by atoms with E-state index in [9.17, 15) is 13.2 Å². The highest BCUT2D eigenvalue weighted by atomic mass is 127. The summed E-state index contributed by atoms with van der Waals surface area (Å²) in [6, 6.07) is 8.66. The predicted molar refractivity (Wildman–Crippen MR) is 118 cm³/mol. The molecule has 2 N–H and O–H groups in total. The third-order valence-corrected chi connectivity index (χ3v) is 6.21. The molecule has 1 fully saturated rings. The molecule has 1 aromatic carbocycles. The molecule has 1 amide bonds. The van der Waals surface area contributed by atoms with Crippen LogP contribution in [0.3, 0.4) is 0 Å². The summed E-state index contributed by atoms with van der Waals surface area (Å²) in [5.74, 6) is 0.893. The van der Waals surface area contributed by atoms with Gasteiger partial charge in [0.25, 0.3) is 0 Å². The molecule has 0 spiro atoms. The van der Waals surface area contributed by atoms with Crippen LogP contribution in [0.5, 0.6) is 0 Å². The number of benzene rings is 1. The Kier molecular flexibility index (Phi) is 10.1. The molecule has 0 aliphatic carbocycles. The van der Waals surface area contributed by atoms with Crippen LogP contribution in [0.1, 0.15) is 26.2 Å². The van der Waals surface area contributed by atoms with Crippen molar-refractivity contribution in [3.63, 3.8) is 0 Å². The monoisotopic (exact) mass is 508 g/mol. The molecule has 9 heteroatoms. The highest BCUT2D eigenvalue weighted by molar-refractivity contribution is 14.0. The van der Waals surface area contributed by atoms with Gasteiger partial charge in [-0.05, 0) is 25.0 Å². The summed E-state index contributed by atoms with van der Waals surface area (Å²) in [4.78, 5) is 18.1. The first kappa shape index (κ1) is 23.7. The Hall–Kier alpha value is -1.36. The minimum Gasteiger partial charge on any atom is -0.356 e. The van der Waals surface area contributed by atoms with Crippen molar-refractivity contribution >= 4 is 45.7 Å². The Morgan fingerprint density at radius 2 is 2.00 bits per heavy atom. The molecule has 0 saturated carbocycles. The van der Waals surface area contributed by atoms with Crippen molar-refractivity contribution in [1.29, 1.82) is 0 Å². The second-order valence-electron chi connectivity index (χ2n) is 6.31. The van der Waals surface area contributed by atoms with Crippen LogP contribution in [-0.4, -0.2) is 63.7 Å². The largest absolute Gasteiger partial charge is 0.356 e. The van der Waals surface area contributed by atoms with E-state index in [4.69, 9.17) is 0 Å². The Morgan fingerprint density at radius 3 is 2.63 bits per heavy atom. The molecule has 2 rings (SSSR count). The molecule has 152 valence electrons. The topological polar surface area (TPSA) is 90.9 Å². The summed E-state index contributed by atoms with van der Waals surface area (Å²) >= 11 is 0. The maximum Gasteiger partial charge on any atom is 0.222 e. The summed E-state index contributed by atoms with van der Waals surface area (Å²) in [6.07, 6.45) is 1.90. The first-order valence-electron chi connectivity index (χ1n) is 8.99. The molecule has 0 bridgehead atoms. The first-order valence-corrected chi connectivity index (χ1v) is 10.6. The standard InChI is InChI=1S/C18H28N4O3S.HI/c1-3-17(23)22-12-10-15(14-22)21-18(19-2)20-11-7-13-26(24,25)16-8-5-4-6-9-16;/h4-6,8-9,15H,3,7,10-14H2,1-2H3,(H2,19,20,21);1H. The van der Waals surface area contributed by atoms with Gasteiger partial charge in [-0.3, -0.25) is 9.79 Å². The lowest BCUT2D eigenvalue weighted by Crippen LogP contribution is -2.45. The number of sulfone groups is 1. The molecule has 0 radical (unpaired) electrons. The van der Waals surface area contributed by atoms with Gasteiger partial charge in [0.15, 0.2) is 15.8 Å². The molecule has 1 atom stereocenters. The predicted octanol–water partition coefficient (Wildman–Crippen LogP) is 1.64. The Labute approximate surface area is 178 Å². The van der Waals surface area contributed by atoms with Crippen LogP contribution in [0.4, 0.5) is 0 Å². The maximum atomic E-state index is 12.2. The molecule has 0 aromatic heterocycles. The Balaban J connectivity index is 0.00000364. The molecule has 1 aliphatic heterocycles. The van der Waals surface area contributed by atoms with Gasteiger partial charge in [-0.1, -0.05) is 25.1 Å². The second-order valence-corrected chi connectivity index (χ2v) is 8.42. The average molecular weight is 508 g/mol. The number of hydrogen-bond acceptors (Lipinski definition) is 4. The highest BCUT2D eigenvalue weighted by Gasteiger charge is 2.25. The number of rotatable bonds is 7. The summed E-state index contributed by atoms with van der Waals surface area (Å²) in [5, 5.41) is 6.45. The SMILES string of the molecule is CCC(=O)N1CCC(NC(=NC)NCCCS(=O)(=O)c2ccccc2)C1.I. The fourth-order valence-electron chi connectivity index (χ4n) is 2.93. The van der Waals surface area contributed by atoms with Gasteiger partial charge in [-0.2, -0.15) is 0 Å². The lowest BCUT2D eigenvalue weighted by atomic mass is 10.3. The molecular formula is C18H29IN4O3S. The number of guanidine groups is 1. The number of amides is 1. The number of carbonyl (C=O) groups is 1. The van der Waals surface area contributed by atoms with Gasteiger partial charge >= 0.3 is 0 Å². The smallest absolute Gasteiger partial charge is 0.222 e. The van der Waals surface area contributed by atoms with Crippen LogP contribution in [0, 0.1) is 0 Å². The number of nitrogens with zero attached hydrogens (tertiary/aromatic N) is 2. The molecule has 1 aromatic rings. The minimum atomic E-state index is -3.25. The van der Waals surface area contributed by atoms with E-state index in [2.05, 4.69) is 15.6 Å². The summed E-state index contributed by atoms with van der Waals surface area (Å²) < 4.78 is 24.5. The molecule has 27 heavy (non-hydrogen) atoms. The second kappa shape index (κ2) is 11.5. The molecular weight excluding hydrogens is 479 g/mol. The summed E-state index contributed by atoms with van der Waals surface area (Å²) in [6.45, 7) is 3.82. The third kappa shape index (κ3) is 7.28. The van der Waals surface area contributed by atoms with Gasteiger partial charge in [0.05, 0.1) is 10.6 Å². The fraction of sp³-hybridized carbons (Fsp3) is 0.556. The molecule has 7 nitrogen and oxygen atoms in total. The van der Waals surface area contributed by atoms with Crippen LogP contribution in [0.25, 0.3) is 0 Å². The lowest BCUT2D eigenvalue weighted by molar-refractivity contribution is -0.129. The fourth-order valence-corrected chi connectivity index (χ4v) is 4.26. The van der Waals surface area contributed by atoms with Gasteiger partial charge in [0.1, 0.15) is 0 Å². The zero-order valence-electron chi connectivity index (χ0n) is 15.8. The zero-order chi connectivity index (χ0) is 19.0. The van der Waals surface area contributed by atoms with Crippen molar-refractivity contribution in [3.8, 4) is 0 Å². The van der Waals surface area contributed by atoms with Gasteiger partial charge in [-0.25, -0.2) is 8.42 Å². The van der Waals surface area contributed by atoms with E-state index in [0.717, 1.165) is 13.0 Å². The van der Waals surface area contributed by atoms with Crippen molar-refractivity contribution in [2.24, 2.45) is 4.99 Å². The van der Waals surface area contributed by atoms with E-state index in [1.54, 1.807) is 37.4 Å². The maximum absolute atomic E-state index is 12.2. The van der Waals surface area contributed by atoms with E-state index in [0.29, 0.717) is 36.8 Å². The van der Waals surface area contributed by atoms with Crippen molar-refractivity contribution in [2.75, 3.05) is 32.4 Å². The zero-order valence-corrected chi connectivity index (χ0v) is 19.0. The Morgan fingerprint density at radius 1 is 1.30 bits per heavy atom. The van der Waals surface area contributed by atoms with E-state index in [1.165, 1.54) is 0 Å². The van der Waals surface area contributed by atoms with Crippen LogP contribution < -0.4 is 10.6 Å². The first-order chi connectivity index (χ1) is 12.5. The van der Waals surface area contributed by atoms with Crippen LogP contribution >= 0.6 is 24.0 Å². The third-order valence-electron chi connectivity index (χ3n) is 4.39. The summed E-state index contributed by atoms with van der Waals surface area (Å²) in [5.41, 5.74) is 0. The quantitative estimate of drug-likeness (QED) is 0.253. The van der Waals surface area contributed by atoms with E-state index in [1.807, 2.05) is 11.8 Å². The van der Waals surface area contributed by atoms with Crippen LogP contribution in [-0.2, 0) is 14.6 Å². The number of aliphatic imine (C=N–C) groups is 1. The van der Waals surface area contributed by atoms with Gasteiger partial charge in [0.2, 0.25) is 5.91 Å². The van der Waals surface area contributed by atoms with E-state index in [-0.39, 0.29) is 41.7 Å². The van der Waals surface area contributed by atoms with Crippen molar-refractivity contribution < 1.29 is 13.2 Å². The van der Waals surface area contributed by atoms with E-state index < -0.39 is 9.84 Å². The van der Waals surface area contributed by atoms with E-state index >= 15 is 0 Å². The number of nitrogens with one attached hydrogen (secondary N) is 2. The van der Waals surface area contributed by atoms with Crippen LogP contribution in [0.2, 0.25) is 0 Å². The number of carbonyl (C=O) groups excluding carboxylic acids is 1. The number of likely N-dealkylation sites (tertiary alicyclic amines) is 1.